The van der Waals surface area contributed by atoms with E-state index in [1.165, 1.54) is 0 Å². The Hall–Kier alpha value is -1.98. The lowest BCUT2D eigenvalue weighted by atomic mass is 10.3. The second-order valence-electron chi connectivity index (χ2n) is 2.98. The molecule has 0 radical (unpaired) electrons. The predicted molar refractivity (Wildman–Crippen MR) is 90.2 cm³/mol. The highest BCUT2D eigenvalue weighted by Gasteiger charge is 1.78. The molecule has 0 fully saturated rings. The van der Waals surface area contributed by atoms with E-state index < -0.39 is 10.3 Å². The number of rotatable bonds is 0. The Morgan fingerprint density at radius 1 is 1.10 bits per heavy atom. The van der Waals surface area contributed by atoms with Crippen molar-refractivity contribution >= 4 is 34.8 Å². The van der Waals surface area contributed by atoms with Gasteiger partial charge in [-0.1, -0.05) is 13.5 Å². The zero-order valence-electron chi connectivity index (χ0n) is 10.7. The summed E-state index contributed by atoms with van der Waals surface area (Å²) in [5.41, 5.74) is 8.80. The standard InChI is InChI=1S/C5H5N.C4H7N.2CH3NOS.CH4/c1-2-4-6-5-3-1;1-4(2)3-5;2*2-1(3)4;/h1-5H;4H,1-2H3;2*(H3,2,3,4);1H4. The number of nitrogens with two attached hydrogens (primary N) is 2. The Kier molecular flexibility index (Phi) is 29.5. The lowest BCUT2D eigenvalue weighted by Crippen LogP contribution is -2.03. The average molecular weight is 318 g/mol. The van der Waals surface area contributed by atoms with Crippen molar-refractivity contribution < 1.29 is 10.2 Å². The van der Waals surface area contributed by atoms with Crippen molar-refractivity contribution in [2.45, 2.75) is 21.3 Å². The quantitative estimate of drug-likeness (QED) is 0.537. The lowest BCUT2D eigenvalue weighted by molar-refractivity contribution is 0.559. The molecule has 0 amide bonds. The van der Waals surface area contributed by atoms with Crippen molar-refractivity contribution in [3.05, 3.63) is 30.6 Å². The SMILES string of the molecule is C.CC(C)C#N.NC(O)=S.NC(O)=S.c1ccncc1. The minimum Gasteiger partial charge on any atom is -0.487 e. The Morgan fingerprint density at radius 2 is 1.35 bits per heavy atom. The highest BCUT2D eigenvalue weighted by molar-refractivity contribution is 7.80. The van der Waals surface area contributed by atoms with Gasteiger partial charge >= 0.3 is 0 Å². The van der Waals surface area contributed by atoms with Crippen LogP contribution in [0.2, 0.25) is 0 Å². The molecule has 6 nitrogen and oxygen atoms in total. The Balaban J connectivity index is -0.0000000856. The lowest BCUT2D eigenvalue weighted by Gasteiger charge is -1.75. The summed E-state index contributed by atoms with van der Waals surface area (Å²) in [5, 5.41) is 22.0. The van der Waals surface area contributed by atoms with Crippen LogP contribution >= 0.6 is 24.4 Å². The first-order valence-electron chi connectivity index (χ1n) is 4.95. The van der Waals surface area contributed by atoms with E-state index in [-0.39, 0.29) is 13.3 Å². The Bertz CT molecular complexity index is 321. The number of aliphatic hydroxyl groups is 2. The molecule has 1 aromatic rings. The van der Waals surface area contributed by atoms with Crippen molar-refractivity contribution in [1.29, 1.82) is 5.26 Å². The third-order valence-corrected chi connectivity index (χ3v) is 0.825. The molecule has 0 aliphatic rings. The van der Waals surface area contributed by atoms with Crippen LogP contribution in [0.3, 0.4) is 0 Å². The van der Waals surface area contributed by atoms with Crippen LogP contribution in [0.1, 0.15) is 21.3 Å². The third kappa shape index (κ3) is 99.7. The number of aliphatic hydroxyl groups excluding tert-OH is 2. The summed E-state index contributed by atoms with van der Waals surface area (Å²) in [7, 11) is 0. The molecule has 0 aliphatic carbocycles. The van der Waals surface area contributed by atoms with E-state index in [4.69, 9.17) is 15.5 Å². The Labute approximate surface area is 131 Å². The monoisotopic (exact) mass is 318 g/mol. The van der Waals surface area contributed by atoms with Crippen LogP contribution in [-0.4, -0.2) is 25.5 Å². The van der Waals surface area contributed by atoms with Gasteiger partial charge in [-0.05, 0) is 50.4 Å². The molecule has 1 rings (SSSR count). The van der Waals surface area contributed by atoms with Gasteiger partial charge in [-0.3, -0.25) is 4.98 Å². The van der Waals surface area contributed by atoms with E-state index in [1.807, 2.05) is 38.1 Å². The molecule has 0 atom stereocenters. The number of thiocarbonyl (C=S) groups is 2. The fraction of sp³-hybridized carbons (Fsp3) is 0.333. The molecule has 6 N–H and O–H groups in total. The number of pyridine rings is 1. The molecule has 0 aromatic carbocycles. The third-order valence-electron chi connectivity index (χ3n) is 0.825. The smallest absolute Gasteiger partial charge is 0.251 e. The van der Waals surface area contributed by atoms with E-state index in [0.29, 0.717) is 0 Å². The van der Waals surface area contributed by atoms with Gasteiger partial charge in [0.25, 0.3) is 10.3 Å². The molecule has 0 bridgehead atoms. The molecule has 20 heavy (non-hydrogen) atoms. The van der Waals surface area contributed by atoms with Gasteiger partial charge in [0.05, 0.1) is 6.07 Å². The summed E-state index contributed by atoms with van der Waals surface area (Å²) >= 11 is 7.74. The van der Waals surface area contributed by atoms with E-state index >= 15 is 0 Å². The van der Waals surface area contributed by atoms with Crippen molar-refractivity contribution in [3.8, 4) is 6.07 Å². The highest BCUT2D eigenvalue weighted by atomic mass is 32.1. The minimum absolute atomic E-state index is 0. The molecular formula is C12H22N4O2S2. The number of hydrogen-bond acceptors (Lipinski definition) is 4. The van der Waals surface area contributed by atoms with Crippen LogP contribution in [0.25, 0.3) is 0 Å². The van der Waals surface area contributed by atoms with E-state index in [9.17, 15) is 0 Å². The normalized spacial score (nSPS) is 6.70. The zero-order valence-corrected chi connectivity index (χ0v) is 12.4. The second kappa shape index (κ2) is 22.2. The van der Waals surface area contributed by atoms with Crippen molar-refractivity contribution in [1.82, 2.24) is 4.98 Å². The van der Waals surface area contributed by atoms with Crippen molar-refractivity contribution in [2.24, 2.45) is 17.4 Å². The molecule has 0 unspecified atom stereocenters. The summed E-state index contributed by atoms with van der Waals surface area (Å²) in [6.07, 6.45) is 3.50. The van der Waals surface area contributed by atoms with Crippen LogP contribution in [0.4, 0.5) is 0 Å². The first-order chi connectivity index (χ1) is 8.73. The van der Waals surface area contributed by atoms with Crippen LogP contribution in [0.5, 0.6) is 0 Å². The van der Waals surface area contributed by atoms with Gasteiger partial charge in [-0.25, -0.2) is 0 Å². The number of hydrogen-bond donors (Lipinski definition) is 4. The van der Waals surface area contributed by atoms with Gasteiger partial charge in [0, 0.05) is 18.3 Å². The zero-order chi connectivity index (χ0) is 15.7. The second-order valence-corrected chi connectivity index (χ2v) is 3.82. The molecule has 0 saturated carbocycles. The van der Waals surface area contributed by atoms with Crippen molar-refractivity contribution in [2.75, 3.05) is 0 Å². The summed E-state index contributed by atoms with van der Waals surface area (Å²) in [6.45, 7) is 3.72. The van der Waals surface area contributed by atoms with E-state index in [2.05, 4.69) is 40.9 Å². The van der Waals surface area contributed by atoms with Gasteiger partial charge in [0.2, 0.25) is 0 Å². The molecule has 1 aromatic heterocycles. The van der Waals surface area contributed by atoms with Gasteiger partial charge in [0.15, 0.2) is 0 Å². The van der Waals surface area contributed by atoms with Crippen LogP contribution in [-0.2, 0) is 0 Å². The maximum atomic E-state index is 7.89. The fourth-order valence-corrected chi connectivity index (χ4v) is 0.313. The summed E-state index contributed by atoms with van der Waals surface area (Å²) < 4.78 is 0. The first-order valence-corrected chi connectivity index (χ1v) is 5.77. The van der Waals surface area contributed by atoms with Gasteiger partial charge in [0.1, 0.15) is 0 Å². The molecule has 0 saturated heterocycles. The topological polar surface area (TPSA) is 129 Å². The molecule has 8 heteroatoms. The largest absolute Gasteiger partial charge is 0.487 e. The molecule has 0 spiro atoms. The van der Waals surface area contributed by atoms with Crippen LogP contribution in [0.15, 0.2) is 30.6 Å². The maximum Gasteiger partial charge on any atom is 0.251 e. The summed E-state index contributed by atoms with van der Waals surface area (Å²) in [5.74, 6) is 0.190. The molecule has 1 heterocycles. The van der Waals surface area contributed by atoms with Gasteiger partial charge in [-0.15, -0.1) is 0 Å². The maximum absolute atomic E-state index is 7.89. The number of aromatic nitrogens is 1. The molecule has 114 valence electrons. The molecular weight excluding hydrogens is 296 g/mol. The number of nitriles is 1. The van der Waals surface area contributed by atoms with E-state index in [1.54, 1.807) is 12.4 Å². The van der Waals surface area contributed by atoms with Crippen molar-refractivity contribution in [3.63, 3.8) is 0 Å². The highest BCUT2D eigenvalue weighted by Crippen LogP contribution is 1.82. The van der Waals surface area contributed by atoms with Gasteiger partial charge in [-0.2, -0.15) is 5.26 Å². The Morgan fingerprint density at radius 3 is 1.40 bits per heavy atom. The van der Waals surface area contributed by atoms with E-state index in [0.717, 1.165) is 0 Å². The van der Waals surface area contributed by atoms with Gasteiger partial charge < -0.3 is 21.7 Å². The predicted octanol–water partition coefficient (Wildman–Crippen LogP) is 2.46. The van der Waals surface area contributed by atoms with Crippen LogP contribution in [0, 0.1) is 17.2 Å². The van der Waals surface area contributed by atoms with Crippen LogP contribution < -0.4 is 11.5 Å². The fourth-order valence-electron chi connectivity index (χ4n) is 0.313. The number of nitrogens with zero attached hydrogens (tertiary/aromatic N) is 2. The average Bonchev–Trinajstić information content (AvgIpc) is 2.30. The minimum atomic E-state index is -0.500. The first kappa shape index (κ1) is 26.6. The summed E-state index contributed by atoms with van der Waals surface area (Å²) in [4.78, 5) is 3.78. The summed E-state index contributed by atoms with van der Waals surface area (Å²) in [6, 6.07) is 7.74. The molecule has 0 aliphatic heterocycles.